The van der Waals surface area contributed by atoms with E-state index < -0.39 is 9.84 Å². The minimum absolute atomic E-state index is 0.0316. The molecule has 1 aromatic heterocycles. The summed E-state index contributed by atoms with van der Waals surface area (Å²) in [6.45, 7) is 9.62. The van der Waals surface area contributed by atoms with Crippen LogP contribution in [0, 0.1) is 24.5 Å². The van der Waals surface area contributed by atoms with Crippen LogP contribution < -0.4 is 0 Å². The fourth-order valence-electron chi connectivity index (χ4n) is 3.63. The van der Waals surface area contributed by atoms with Gasteiger partial charge in [-0.25, -0.2) is 13.1 Å². The molecule has 1 fully saturated rings. The number of benzene rings is 1. The van der Waals surface area contributed by atoms with E-state index >= 15 is 0 Å². The van der Waals surface area contributed by atoms with Crippen LogP contribution in [0.3, 0.4) is 0 Å². The molecule has 3 rings (SSSR count). The van der Waals surface area contributed by atoms with E-state index in [-0.39, 0.29) is 17.5 Å². The first kappa shape index (κ1) is 20.2. The van der Waals surface area contributed by atoms with Crippen LogP contribution in [-0.4, -0.2) is 51.8 Å². The fourth-order valence-corrected chi connectivity index (χ4v) is 5.72. The number of sulfone groups is 1. The number of rotatable bonds is 6. The number of aromatic nitrogens is 3. The summed E-state index contributed by atoms with van der Waals surface area (Å²) < 4.78 is 28.3. The van der Waals surface area contributed by atoms with Crippen LogP contribution in [0.25, 0.3) is 5.69 Å². The molecule has 0 radical (unpaired) electrons. The molecule has 0 saturated carbocycles. The molecule has 1 aliphatic heterocycles. The van der Waals surface area contributed by atoms with E-state index in [1.54, 1.807) is 0 Å². The molecule has 0 aliphatic carbocycles. The highest BCUT2D eigenvalue weighted by Crippen LogP contribution is 2.21. The van der Waals surface area contributed by atoms with Gasteiger partial charge in [0.25, 0.3) is 0 Å². The molecule has 1 saturated heterocycles. The second-order valence-electron chi connectivity index (χ2n) is 7.86. The maximum atomic E-state index is 11.9. The van der Waals surface area contributed by atoms with E-state index in [0.717, 1.165) is 18.1 Å². The van der Waals surface area contributed by atoms with Gasteiger partial charge in [0.15, 0.2) is 9.84 Å². The molecular weight excluding hydrogens is 380 g/mol. The van der Waals surface area contributed by atoms with Crippen molar-refractivity contribution in [2.75, 3.05) is 18.1 Å². The summed E-state index contributed by atoms with van der Waals surface area (Å²) in [5.41, 5.74) is 2.19. The largest absolute Gasteiger partial charge is 0.280 e. The minimum Gasteiger partial charge on any atom is -0.280 e. The number of nitrogens with zero attached hydrogens (tertiary/aromatic N) is 4. The van der Waals surface area contributed by atoms with Crippen LogP contribution in [0.4, 0.5) is 0 Å². The average Bonchev–Trinajstić information content (AvgIpc) is 3.07. The molecule has 1 atom stereocenters. The summed E-state index contributed by atoms with van der Waals surface area (Å²) in [6, 6.07) is 8.23. The Morgan fingerprint density at radius 2 is 1.93 bits per heavy atom. The third-order valence-electron chi connectivity index (χ3n) is 4.93. The van der Waals surface area contributed by atoms with E-state index in [4.69, 9.17) is 12.2 Å². The van der Waals surface area contributed by atoms with Crippen LogP contribution in [0.2, 0.25) is 0 Å². The Morgan fingerprint density at radius 1 is 1.26 bits per heavy atom. The quantitative estimate of drug-likeness (QED) is 0.688. The molecular formula is C19H28N4O2S2. The number of aryl methyl sites for hydroxylation is 2. The van der Waals surface area contributed by atoms with Gasteiger partial charge >= 0.3 is 0 Å². The highest BCUT2D eigenvalue weighted by molar-refractivity contribution is 7.91. The van der Waals surface area contributed by atoms with Crippen molar-refractivity contribution in [1.29, 1.82) is 0 Å². The Kier molecular flexibility index (Phi) is 5.88. The molecule has 1 aliphatic rings. The summed E-state index contributed by atoms with van der Waals surface area (Å²) in [7, 11) is -2.93. The van der Waals surface area contributed by atoms with Gasteiger partial charge in [-0.1, -0.05) is 31.5 Å². The Labute approximate surface area is 166 Å². The van der Waals surface area contributed by atoms with Gasteiger partial charge in [-0.05, 0) is 50.5 Å². The molecule has 148 valence electrons. The molecule has 1 aromatic carbocycles. The highest BCUT2D eigenvalue weighted by atomic mass is 32.2. The first-order chi connectivity index (χ1) is 12.7. The van der Waals surface area contributed by atoms with Crippen LogP contribution in [0.5, 0.6) is 0 Å². The van der Waals surface area contributed by atoms with Crippen molar-refractivity contribution in [2.45, 2.75) is 46.8 Å². The van der Waals surface area contributed by atoms with Gasteiger partial charge in [0.1, 0.15) is 5.82 Å². The lowest BCUT2D eigenvalue weighted by Gasteiger charge is -2.29. The van der Waals surface area contributed by atoms with Gasteiger partial charge in [-0.3, -0.25) is 9.47 Å². The zero-order valence-corrected chi connectivity index (χ0v) is 18.1. The maximum absolute atomic E-state index is 11.9. The van der Waals surface area contributed by atoms with Crippen molar-refractivity contribution in [3.63, 3.8) is 0 Å². The predicted octanol–water partition coefficient (Wildman–Crippen LogP) is 3.12. The molecule has 1 unspecified atom stereocenters. The molecule has 0 bridgehead atoms. The third-order valence-corrected chi connectivity index (χ3v) is 7.08. The normalized spacial score (nSPS) is 19.3. The Morgan fingerprint density at radius 3 is 2.48 bits per heavy atom. The van der Waals surface area contributed by atoms with E-state index in [1.165, 1.54) is 5.56 Å². The highest BCUT2D eigenvalue weighted by Gasteiger charge is 2.33. The predicted molar refractivity (Wildman–Crippen MR) is 110 cm³/mol. The zero-order chi connectivity index (χ0) is 19.8. The lowest BCUT2D eigenvalue weighted by Crippen LogP contribution is -2.40. The van der Waals surface area contributed by atoms with Gasteiger partial charge in [0.05, 0.1) is 18.2 Å². The van der Waals surface area contributed by atoms with Crippen molar-refractivity contribution in [3.05, 3.63) is 40.4 Å². The summed E-state index contributed by atoms with van der Waals surface area (Å²) in [4.78, 5) is 2.22. The Hall–Kier alpha value is -1.51. The zero-order valence-electron chi connectivity index (χ0n) is 16.4. The van der Waals surface area contributed by atoms with Crippen molar-refractivity contribution in [1.82, 2.24) is 19.2 Å². The van der Waals surface area contributed by atoms with Crippen LogP contribution in [0.1, 0.15) is 31.7 Å². The number of hydrogen-bond donors (Lipinski definition) is 0. The second kappa shape index (κ2) is 7.85. The minimum atomic E-state index is -2.93. The molecule has 0 N–H and O–H groups in total. The molecule has 27 heavy (non-hydrogen) atoms. The summed E-state index contributed by atoms with van der Waals surface area (Å²) in [6.07, 6.45) is 0.681. The van der Waals surface area contributed by atoms with Crippen molar-refractivity contribution >= 4 is 22.1 Å². The van der Waals surface area contributed by atoms with Gasteiger partial charge in [0.2, 0.25) is 4.77 Å². The van der Waals surface area contributed by atoms with E-state index in [2.05, 4.69) is 42.9 Å². The second-order valence-corrected chi connectivity index (χ2v) is 10.5. The molecule has 0 amide bonds. The first-order valence-electron chi connectivity index (χ1n) is 9.34. The van der Waals surface area contributed by atoms with E-state index in [9.17, 15) is 8.42 Å². The lowest BCUT2D eigenvalue weighted by atomic mass is 10.1. The molecule has 8 heteroatoms. The third kappa shape index (κ3) is 4.67. The van der Waals surface area contributed by atoms with Crippen molar-refractivity contribution < 1.29 is 8.42 Å². The number of hydrogen-bond acceptors (Lipinski definition) is 5. The molecule has 6 nitrogen and oxygen atoms in total. The van der Waals surface area contributed by atoms with Crippen molar-refractivity contribution in [2.24, 2.45) is 5.92 Å². The summed E-state index contributed by atoms with van der Waals surface area (Å²) >= 11 is 5.70. The van der Waals surface area contributed by atoms with Gasteiger partial charge in [-0.2, -0.15) is 5.10 Å². The maximum Gasteiger partial charge on any atom is 0.203 e. The Balaban J connectivity index is 1.89. The molecule has 0 spiro atoms. The van der Waals surface area contributed by atoms with Gasteiger partial charge < -0.3 is 0 Å². The van der Waals surface area contributed by atoms with Crippen LogP contribution in [-0.2, 0) is 16.5 Å². The average molecular weight is 409 g/mol. The standard InChI is InChI=1S/C19H28N4O2S2/c1-14(2)11-21(18-9-10-27(24,25)12-18)13-22-19(26)23(16(4)20-22)17-7-5-15(3)6-8-17/h5-8,14,18H,9-13H2,1-4H3. The van der Waals surface area contributed by atoms with Crippen molar-refractivity contribution in [3.8, 4) is 5.69 Å². The summed E-state index contributed by atoms with van der Waals surface area (Å²) in [5, 5.41) is 4.65. The van der Waals surface area contributed by atoms with E-state index in [0.29, 0.717) is 23.8 Å². The summed E-state index contributed by atoms with van der Waals surface area (Å²) in [5.74, 6) is 1.76. The first-order valence-corrected chi connectivity index (χ1v) is 11.6. The SMILES string of the molecule is Cc1ccc(-n2c(C)nn(CN(CC(C)C)C3CCS(=O)(=O)C3)c2=S)cc1. The fraction of sp³-hybridized carbons (Fsp3) is 0.579. The van der Waals surface area contributed by atoms with Gasteiger partial charge in [0, 0.05) is 18.3 Å². The molecule has 2 heterocycles. The Bertz CT molecular complexity index is 959. The smallest absolute Gasteiger partial charge is 0.203 e. The lowest BCUT2D eigenvalue weighted by molar-refractivity contribution is 0.137. The van der Waals surface area contributed by atoms with Crippen LogP contribution >= 0.6 is 12.2 Å². The monoisotopic (exact) mass is 408 g/mol. The van der Waals surface area contributed by atoms with E-state index in [1.807, 2.05) is 28.3 Å². The topological polar surface area (TPSA) is 60.1 Å². The molecule has 2 aromatic rings. The van der Waals surface area contributed by atoms with Gasteiger partial charge in [-0.15, -0.1) is 0 Å². The van der Waals surface area contributed by atoms with Crippen LogP contribution in [0.15, 0.2) is 24.3 Å².